The Labute approximate surface area is 235 Å². The molecule has 208 valence electrons. The van der Waals surface area contributed by atoms with Gasteiger partial charge in [-0.2, -0.15) is 0 Å². The molecule has 5 unspecified atom stereocenters. The number of nitrogen functional groups attached to an aromatic ring is 1. The number of hydrogen-bond acceptors (Lipinski definition) is 7. The Hall–Kier alpha value is -3.72. The number of nitrogens with two attached hydrogens (primary N) is 1. The van der Waals surface area contributed by atoms with Crippen LogP contribution in [0.25, 0.3) is 0 Å². The second kappa shape index (κ2) is 12.6. The highest BCUT2D eigenvalue weighted by atomic mass is 16.7. The molecule has 1 saturated heterocycles. The molecule has 1 aliphatic rings. The number of aliphatic hydroxyl groups excluding tert-OH is 2. The summed E-state index contributed by atoms with van der Waals surface area (Å²) in [6, 6.07) is 32.2. The fraction of sp³-hybridized carbons (Fsp3) is 0.273. The van der Waals surface area contributed by atoms with E-state index in [0.717, 1.165) is 22.3 Å². The fourth-order valence-corrected chi connectivity index (χ4v) is 5.39. The maximum Gasteiger partial charge on any atom is 0.185 e. The molecule has 0 spiro atoms. The van der Waals surface area contributed by atoms with Crippen molar-refractivity contribution in [3.05, 3.63) is 131 Å². The molecule has 1 fully saturated rings. The van der Waals surface area contributed by atoms with Gasteiger partial charge >= 0.3 is 0 Å². The summed E-state index contributed by atoms with van der Waals surface area (Å²) in [5, 5.41) is 30.4. The number of aromatic hydroxyl groups is 1. The fourth-order valence-electron chi connectivity index (χ4n) is 5.39. The second-order valence-corrected chi connectivity index (χ2v) is 10.4. The molecule has 4 aromatic rings. The second-order valence-electron chi connectivity index (χ2n) is 10.4. The first-order valence-corrected chi connectivity index (χ1v) is 13.5. The van der Waals surface area contributed by atoms with E-state index < -0.39 is 12.4 Å². The van der Waals surface area contributed by atoms with Gasteiger partial charge in [-0.05, 0) is 53.6 Å². The topological polar surface area (TPSA) is 108 Å². The molecule has 0 bridgehead atoms. The van der Waals surface area contributed by atoms with Crippen LogP contribution in [0.1, 0.15) is 52.2 Å². The van der Waals surface area contributed by atoms with Crippen molar-refractivity contribution in [1.29, 1.82) is 0 Å². The Morgan fingerprint density at radius 2 is 1.55 bits per heavy atom. The van der Waals surface area contributed by atoms with Crippen molar-refractivity contribution in [3.63, 3.8) is 0 Å². The minimum absolute atomic E-state index is 0.0299. The molecule has 7 nitrogen and oxygen atoms in total. The van der Waals surface area contributed by atoms with Gasteiger partial charge in [-0.25, -0.2) is 0 Å². The largest absolute Gasteiger partial charge is 0.508 e. The Bertz CT molecular complexity index is 1380. The summed E-state index contributed by atoms with van der Waals surface area (Å²) < 4.78 is 13.4. The molecule has 0 saturated carbocycles. The van der Waals surface area contributed by atoms with Gasteiger partial charge in [0.15, 0.2) is 6.29 Å². The van der Waals surface area contributed by atoms with Crippen LogP contribution in [0.4, 0.5) is 5.69 Å². The monoisotopic (exact) mass is 540 g/mol. The van der Waals surface area contributed by atoms with Gasteiger partial charge in [-0.15, -0.1) is 0 Å². The summed E-state index contributed by atoms with van der Waals surface area (Å²) in [6.07, 6.45) is -2.07. The van der Waals surface area contributed by atoms with Crippen LogP contribution in [0.3, 0.4) is 0 Å². The predicted molar refractivity (Wildman–Crippen MR) is 154 cm³/mol. The minimum atomic E-state index is -0.779. The number of phenols is 1. The van der Waals surface area contributed by atoms with Crippen molar-refractivity contribution in [2.45, 2.75) is 37.1 Å². The molecule has 0 aliphatic carbocycles. The summed E-state index contributed by atoms with van der Waals surface area (Å²) >= 11 is 0. The zero-order valence-electron chi connectivity index (χ0n) is 22.5. The van der Waals surface area contributed by atoms with Crippen LogP contribution in [0, 0.1) is 0 Å². The Balaban J connectivity index is 1.48. The lowest BCUT2D eigenvalue weighted by Gasteiger charge is -2.44. The summed E-state index contributed by atoms with van der Waals surface area (Å²) in [5.74, 6) is -0.0324. The lowest BCUT2D eigenvalue weighted by Crippen LogP contribution is -2.44. The van der Waals surface area contributed by atoms with Crippen molar-refractivity contribution in [3.8, 4) is 5.75 Å². The first-order valence-electron chi connectivity index (χ1n) is 13.5. The van der Waals surface area contributed by atoms with E-state index >= 15 is 0 Å². The average Bonchev–Trinajstić information content (AvgIpc) is 2.97. The smallest absolute Gasteiger partial charge is 0.185 e. The number of likely N-dealkylation sites (N-methyl/N-ethyl adjacent to an activating group) is 1. The average molecular weight is 541 g/mol. The van der Waals surface area contributed by atoms with E-state index in [-0.39, 0.29) is 30.5 Å². The molecular weight excluding hydrogens is 504 g/mol. The Morgan fingerprint density at radius 3 is 2.25 bits per heavy atom. The van der Waals surface area contributed by atoms with E-state index in [2.05, 4.69) is 12.1 Å². The Kier molecular flexibility index (Phi) is 8.79. The Morgan fingerprint density at radius 1 is 0.825 bits per heavy atom. The van der Waals surface area contributed by atoms with Crippen LogP contribution in [0.5, 0.6) is 5.75 Å². The number of anilines is 1. The molecule has 5 N–H and O–H groups in total. The first kappa shape index (κ1) is 27.8. The van der Waals surface area contributed by atoms with Gasteiger partial charge in [-0.1, -0.05) is 78.9 Å². The molecule has 0 amide bonds. The maximum atomic E-state index is 10.9. The van der Waals surface area contributed by atoms with Gasteiger partial charge in [0.05, 0.1) is 24.9 Å². The van der Waals surface area contributed by atoms with Crippen molar-refractivity contribution >= 4 is 5.69 Å². The van der Waals surface area contributed by atoms with Crippen LogP contribution in [-0.2, 0) is 16.1 Å². The number of rotatable bonds is 9. The van der Waals surface area contributed by atoms with Crippen LogP contribution in [0.2, 0.25) is 0 Å². The highest BCUT2D eigenvalue weighted by Crippen LogP contribution is 2.47. The van der Waals surface area contributed by atoms with Gasteiger partial charge in [-0.3, -0.25) is 0 Å². The zero-order valence-corrected chi connectivity index (χ0v) is 22.5. The number of aliphatic hydroxyl groups is 2. The lowest BCUT2D eigenvalue weighted by atomic mass is 9.83. The molecule has 1 heterocycles. The van der Waals surface area contributed by atoms with Gasteiger partial charge in [0.1, 0.15) is 5.75 Å². The van der Waals surface area contributed by atoms with E-state index in [4.69, 9.17) is 15.2 Å². The van der Waals surface area contributed by atoms with E-state index in [0.29, 0.717) is 24.3 Å². The van der Waals surface area contributed by atoms with Gasteiger partial charge < -0.3 is 35.4 Å². The third-order valence-corrected chi connectivity index (χ3v) is 7.38. The first-order chi connectivity index (χ1) is 19.4. The van der Waals surface area contributed by atoms with Crippen LogP contribution in [0.15, 0.2) is 103 Å². The normalized spacial score (nSPS) is 21.8. The standard InChI is InChI=1S/C33H36N2O5/c1-35(19-29(38)25-9-6-12-28(37)18-25)20-30-31(23-7-3-2-4-8-23)32(24-15-13-22(21-36)14-16-24)40-33(39-30)26-10-5-11-27(34)17-26/h2-18,29-33,36-38H,19-21,34H2,1H3. The number of ether oxygens (including phenoxy) is 2. The third-order valence-electron chi connectivity index (χ3n) is 7.38. The predicted octanol–water partition coefficient (Wildman–Crippen LogP) is 5.07. The number of hydrogen-bond donors (Lipinski definition) is 4. The molecule has 7 heteroatoms. The minimum Gasteiger partial charge on any atom is -0.508 e. The summed E-state index contributed by atoms with van der Waals surface area (Å²) in [6.45, 7) is 0.839. The molecule has 4 aromatic carbocycles. The van der Waals surface area contributed by atoms with Crippen LogP contribution >= 0.6 is 0 Å². The van der Waals surface area contributed by atoms with E-state index in [1.807, 2.05) is 78.7 Å². The van der Waals surface area contributed by atoms with Gasteiger partial charge in [0, 0.05) is 30.3 Å². The van der Waals surface area contributed by atoms with Gasteiger partial charge in [0.25, 0.3) is 0 Å². The molecule has 0 aromatic heterocycles. The van der Waals surface area contributed by atoms with Crippen molar-refractivity contribution in [2.24, 2.45) is 0 Å². The van der Waals surface area contributed by atoms with E-state index in [1.165, 1.54) is 0 Å². The number of phenolic OH excluding ortho intramolecular Hbond substituents is 1. The van der Waals surface area contributed by atoms with Crippen LogP contribution in [-0.4, -0.2) is 46.5 Å². The molecule has 1 aliphatic heterocycles. The third kappa shape index (κ3) is 6.53. The molecule has 0 radical (unpaired) electrons. The summed E-state index contributed by atoms with van der Waals surface area (Å²) in [4.78, 5) is 2.04. The summed E-state index contributed by atoms with van der Waals surface area (Å²) in [7, 11) is 1.95. The van der Waals surface area contributed by atoms with Crippen molar-refractivity contribution in [2.75, 3.05) is 25.9 Å². The van der Waals surface area contributed by atoms with E-state index in [9.17, 15) is 15.3 Å². The highest BCUT2D eigenvalue weighted by Gasteiger charge is 2.42. The molecule has 40 heavy (non-hydrogen) atoms. The quantitative estimate of drug-likeness (QED) is 0.220. The van der Waals surface area contributed by atoms with Crippen molar-refractivity contribution in [1.82, 2.24) is 4.90 Å². The maximum absolute atomic E-state index is 10.9. The SMILES string of the molecule is CN(CC(O)c1cccc(O)c1)CC1OC(c2cccc(N)c2)OC(c2ccc(CO)cc2)C1c1ccccc1. The number of nitrogens with zero attached hydrogens (tertiary/aromatic N) is 1. The number of benzene rings is 4. The van der Waals surface area contributed by atoms with Crippen LogP contribution < -0.4 is 5.73 Å². The molecular formula is C33H36N2O5. The lowest BCUT2D eigenvalue weighted by molar-refractivity contribution is -0.263. The van der Waals surface area contributed by atoms with E-state index in [1.54, 1.807) is 24.3 Å². The van der Waals surface area contributed by atoms with Gasteiger partial charge in [0.2, 0.25) is 0 Å². The molecule has 5 atom stereocenters. The highest BCUT2D eigenvalue weighted by molar-refractivity contribution is 5.41. The summed E-state index contributed by atoms with van der Waals surface area (Å²) in [5.41, 5.74) is 11.1. The zero-order chi connectivity index (χ0) is 28.1. The van der Waals surface area contributed by atoms with Crippen molar-refractivity contribution < 1.29 is 24.8 Å². The molecule has 5 rings (SSSR count).